The van der Waals surface area contributed by atoms with Gasteiger partial charge in [0.15, 0.2) is 0 Å². The van der Waals surface area contributed by atoms with E-state index >= 15 is 0 Å². The van der Waals surface area contributed by atoms with Gasteiger partial charge in [-0.05, 0) is 32.4 Å². The van der Waals surface area contributed by atoms with Crippen molar-refractivity contribution in [3.63, 3.8) is 0 Å². The van der Waals surface area contributed by atoms with Crippen molar-refractivity contribution in [3.8, 4) is 0 Å². The molecule has 0 aliphatic rings. The van der Waals surface area contributed by atoms with Gasteiger partial charge in [-0.2, -0.15) is 0 Å². The summed E-state index contributed by atoms with van der Waals surface area (Å²) < 4.78 is 4.84. The van der Waals surface area contributed by atoms with Crippen molar-refractivity contribution in [1.29, 1.82) is 0 Å². The van der Waals surface area contributed by atoms with Gasteiger partial charge >= 0.3 is 5.97 Å². The van der Waals surface area contributed by atoms with Gasteiger partial charge in [-0.25, -0.2) is 0 Å². The van der Waals surface area contributed by atoms with E-state index in [2.05, 4.69) is 6.92 Å². The molecule has 0 aliphatic carbocycles. The lowest BCUT2D eigenvalue weighted by Crippen LogP contribution is -2.33. The summed E-state index contributed by atoms with van der Waals surface area (Å²) in [7, 11) is 0. The highest BCUT2D eigenvalue weighted by Crippen LogP contribution is 2.17. The zero-order chi connectivity index (χ0) is 15.0. The number of hydrogen-bond donors (Lipinski definition) is 0. The minimum Gasteiger partial charge on any atom is -0.466 e. The average Bonchev–Trinajstić information content (AvgIpc) is 2.41. The van der Waals surface area contributed by atoms with Crippen molar-refractivity contribution >= 4 is 17.6 Å². The first-order chi connectivity index (χ1) is 9.58. The van der Waals surface area contributed by atoms with Gasteiger partial charge in [-0.1, -0.05) is 31.0 Å². The number of esters is 1. The number of anilines is 1. The summed E-state index contributed by atoms with van der Waals surface area (Å²) in [4.78, 5) is 25.4. The fraction of sp³-hybridized carbons (Fsp3) is 0.500. The molecular formula is C16H23NO3. The quantitative estimate of drug-likeness (QED) is 0.568. The number of unbranched alkanes of at least 4 members (excludes halogenated alkanes) is 1. The van der Waals surface area contributed by atoms with Gasteiger partial charge in [-0.15, -0.1) is 0 Å². The molecule has 1 aromatic rings. The Morgan fingerprint density at radius 2 is 1.80 bits per heavy atom. The Morgan fingerprint density at radius 3 is 2.35 bits per heavy atom. The molecule has 0 spiro atoms. The van der Waals surface area contributed by atoms with E-state index in [9.17, 15) is 9.59 Å². The molecule has 4 heteroatoms. The van der Waals surface area contributed by atoms with Crippen molar-refractivity contribution in [3.05, 3.63) is 29.8 Å². The molecule has 20 heavy (non-hydrogen) atoms. The van der Waals surface area contributed by atoms with Gasteiger partial charge in [0.25, 0.3) is 0 Å². The van der Waals surface area contributed by atoms with Gasteiger partial charge in [-0.3, -0.25) is 9.59 Å². The third-order valence-corrected chi connectivity index (χ3v) is 2.98. The smallest absolute Gasteiger partial charge is 0.315 e. The van der Waals surface area contributed by atoms with Crippen LogP contribution in [0.1, 0.15) is 38.7 Å². The summed E-state index contributed by atoms with van der Waals surface area (Å²) in [6.45, 7) is 6.73. The second kappa shape index (κ2) is 8.35. The SMILES string of the molecule is CCCCN(C(=O)CC(=O)OCC)c1ccc(C)cc1. The Kier molecular flexibility index (Phi) is 6.77. The van der Waals surface area contributed by atoms with E-state index in [4.69, 9.17) is 4.74 Å². The highest BCUT2D eigenvalue weighted by molar-refractivity contribution is 6.03. The van der Waals surface area contributed by atoms with E-state index in [1.54, 1.807) is 11.8 Å². The Hall–Kier alpha value is -1.84. The molecule has 0 fully saturated rings. The van der Waals surface area contributed by atoms with E-state index in [0.717, 1.165) is 24.1 Å². The van der Waals surface area contributed by atoms with Crippen LogP contribution in [0.5, 0.6) is 0 Å². The van der Waals surface area contributed by atoms with E-state index in [0.29, 0.717) is 13.2 Å². The Bertz CT molecular complexity index is 440. The largest absolute Gasteiger partial charge is 0.466 e. The molecular weight excluding hydrogens is 254 g/mol. The molecule has 4 nitrogen and oxygen atoms in total. The maximum absolute atomic E-state index is 12.2. The predicted octanol–water partition coefficient (Wildman–Crippen LogP) is 3.08. The fourth-order valence-electron chi connectivity index (χ4n) is 1.87. The number of amides is 1. The van der Waals surface area contributed by atoms with Crippen LogP contribution in [0, 0.1) is 6.92 Å². The van der Waals surface area contributed by atoms with Gasteiger partial charge in [0.2, 0.25) is 5.91 Å². The van der Waals surface area contributed by atoms with Gasteiger partial charge in [0.1, 0.15) is 6.42 Å². The summed E-state index contributed by atoms with van der Waals surface area (Å²) in [5.41, 5.74) is 1.97. The minimum atomic E-state index is -0.467. The molecule has 0 aromatic heterocycles. The summed E-state index contributed by atoms with van der Waals surface area (Å²) in [6.07, 6.45) is 1.70. The van der Waals surface area contributed by atoms with E-state index < -0.39 is 5.97 Å². The van der Waals surface area contributed by atoms with Crippen LogP contribution in [0.3, 0.4) is 0 Å². The Labute approximate surface area is 120 Å². The first kappa shape index (κ1) is 16.2. The van der Waals surface area contributed by atoms with Crippen LogP contribution in [0.4, 0.5) is 5.69 Å². The molecule has 0 unspecified atom stereocenters. The number of ether oxygens (including phenoxy) is 1. The summed E-state index contributed by atoms with van der Waals surface area (Å²) in [5, 5.41) is 0. The third kappa shape index (κ3) is 5.03. The van der Waals surface area contributed by atoms with Crippen molar-refractivity contribution in [2.24, 2.45) is 0 Å². The second-order valence-corrected chi connectivity index (χ2v) is 4.72. The Morgan fingerprint density at radius 1 is 1.15 bits per heavy atom. The maximum atomic E-state index is 12.2. The fourth-order valence-corrected chi connectivity index (χ4v) is 1.87. The van der Waals surface area contributed by atoms with Crippen LogP contribution >= 0.6 is 0 Å². The number of benzene rings is 1. The summed E-state index contributed by atoms with van der Waals surface area (Å²) >= 11 is 0. The number of hydrogen-bond acceptors (Lipinski definition) is 3. The van der Waals surface area contributed by atoms with Crippen molar-refractivity contribution in [2.75, 3.05) is 18.1 Å². The lowest BCUT2D eigenvalue weighted by molar-refractivity contribution is -0.145. The van der Waals surface area contributed by atoms with Crippen LogP contribution in [0.2, 0.25) is 0 Å². The van der Waals surface area contributed by atoms with Crippen LogP contribution in [0.15, 0.2) is 24.3 Å². The highest BCUT2D eigenvalue weighted by Gasteiger charge is 2.19. The zero-order valence-electron chi connectivity index (χ0n) is 12.5. The standard InChI is InChI=1S/C16H23NO3/c1-4-6-11-17(14-9-7-13(3)8-10-14)15(18)12-16(19)20-5-2/h7-10H,4-6,11-12H2,1-3H3. The van der Waals surface area contributed by atoms with Crippen LogP contribution in [0.25, 0.3) is 0 Å². The normalized spacial score (nSPS) is 10.2. The van der Waals surface area contributed by atoms with Crippen molar-refractivity contribution in [1.82, 2.24) is 0 Å². The molecule has 0 atom stereocenters. The van der Waals surface area contributed by atoms with E-state index in [-0.39, 0.29) is 12.3 Å². The molecule has 0 heterocycles. The molecule has 0 radical (unpaired) electrons. The molecule has 110 valence electrons. The van der Waals surface area contributed by atoms with Gasteiger partial charge in [0, 0.05) is 12.2 Å². The molecule has 0 aliphatic heterocycles. The molecule has 1 amide bonds. The second-order valence-electron chi connectivity index (χ2n) is 4.72. The van der Waals surface area contributed by atoms with Gasteiger partial charge < -0.3 is 9.64 Å². The van der Waals surface area contributed by atoms with Crippen LogP contribution < -0.4 is 4.90 Å². The molecule has 0 saturated heterocycles. The minimum absolute atomic E-state index is 0.203. The van der Waals surface area contributed by atoms with E-state index in [1.165, 1.54) is 0 Å². The van der Waals surface area contributed by atoms with Crippen LogP contribution in [-0.4, -0.2) is 25.0 Å². The van der Waals surface area contributed by atoms with Gasteiger partial charge in [0.05, 0.1) is 6.61 Å². The predicted molar refractivity (Wildman–Crippen MR) is 79.7 cm³/mol. The first-order valence-corrected chi connectivity index (χ1v) is 7.11. The number of rotatable bonds is 7. The topological polar surface area (TPSA) is 46.6 Å². The number of aryl methyl sites for hydroxylation is 1. The van der Waals surface area contributed by atoms with Crippen molar-refractivity contribution in [2.45, 2.75) is 40.0 Å². The molecule has 0 N–H and O–H groups in total. The number of carbonyl (C=O) groups excluding carboxylic acids is 2. The summed E-state index contributed by atoms with van der Waals surface area (Å²) in [6, 6.07) is 7.75. The molecule has 1 rings (SSSR count). The van der Waals surface area contributed by atoms with Crippen LogP contribution in [-0.2, 0) is 14.3 Å². The summed E-state index contributed by atoms with van der Waals surface area (Å²) in [5.74, 6) is -0.674. The zero-order valence-corrected chi connectivity index (χ0v) is 12.5. The number of carbonyl (C=O) groups is 2. The molecule has 1 aromatic carbocycles. The average molecular weight is 277 g/mol. The lowest BCUT2D eigenvalue weighted by atomic mass is 10.2. The Balaban J connectivity index is 2.80. The van der Waals surface area contributed by atoms with E-state index in [1.807, 2.05) is 31.2 Å². The monoisotopic (exact) mass is 277 g/mol. The maximum Gasteiger partial charge on any atom is 0.315 e. The number of nitrogens with zero attached hydrogens (tertiary/aromatic N) is 1. The van der Waals surface area contributed by atoms with Crippen molar-refractivity contribution < 1.29 is 14.3 Å². The lowest BCUT2D eigenvalue weighted by Gasteiger charge is -2.22. The third-order valence-electron chi connectivity index (χ3n) is 2.98. The highest BCUT2D eigenvalue weighted by atomic mass is 16.5. The first-order valence-electron chi connectivity index (χ1n) is 7.11. The molecule has 0 saturated carbocycles. The molecule has 0 bridgehead atoms.